The molecule has 5 nitrogen and oxygen atoms in total. The highest BCUT2D eigenvalue weighted by Gasteiger charge is 2.39. The second-order valence-corrected chi connectivity index (χ2v) is 5.98. The Hall–Kier alpha value is -1.55. The molecule has 1 N–H and O–H groups in total. The highest BCUT2D eigenvalue weighted by molar-refractivity contribution is 7.16. The zero-order valence-electron chi connectivity index (χ0n) is 10.4. The van der Waals surface area contributed by atoms with Gasteiger partial charge >= 0.3 is 6.18 Å². The second kappa shape index (κ2) is 5.44. The van der Waals surface area contributed by atoms with Crippen LogP contribution >= 0.6 is 22.7 Å². The molecule has 0 saturated carbocycles. The van der Waals surface area contributed by atoms with Crippen molar-refractivity contribution in [2.75, 3.05) is 5.32 Å². The van der Waals surface area contributed by atoms with Gasteiger partial charge in [-0.1, -0.05) is 18.3 Å². The van der Waals surface area contributed by atoms with E-state index in [1.54, 1.807) is 0 Å². The van der Waals surface area contributed by atoms with Crippen LogP contribution in [0.4, 0.5) is 18.3 Å². The molecule has 2 aromatic rings. The summed E-state index contributed by atoms with van der Waals surface area (Å²) < 4.78 is 38.3. The Labute approximate surface area is 119 Å². The van der Waals surface area contributed by atoms with Crippen molar-refractivity contribution in [1.82, 2.24) is 15.2 Å². The third-order valence-electron chi connectivity index (χ3n) is 2.20. The van der Waals surface area contributed by atoms with E-state index in [1.165, 1.54) is 6.92 Å². The number of thiazole rings is 1. The predicted octanol–water partition coefficient (Wildman–Crippen LogP) is 3.14. The van der Waals surface area contributed by atoms with Gasteiger partial charge in [-0.25, -0.2) is 4.98 Å². The summed E-state index contributed by atoms with van der Waals surface area (Å²) in [6.45, 7) is 3.28. The Morgan fingerprint density at radius 2 is 2.00 bits per heavy atom. The van der Waals surface area contributed by atoms with Gasteiger partial charge in [0.05, 0.1) is 5.01 Å². The summed E-state index contributed by atoms with van der Waals surface area (Å²) in [4.78, 5) is 14.8. The predicted molar refractivity (Wildman–Crippen MR) is 69.1 cm³/mol. The lowest BCUT2D eigenvalue weighted by Gasteiger charge is -2.05. The van der Waals surface area contributed by atoms with Crippen LogP contribution in [0.1, 0.15) is 32.3 Å². The molecule has 10 heteroatoms. The number of halogens is 3. The van der Waals surface area contributed by atoms with Crippen LogP contribution in [0.5, 0.6) is 0 Å². The first-order valence-electron chi connectivity index (χ1n) is 5.49. The lowest BCUT2D eigenvalue weighted by atomic mass is 10.3. The summed E-state index contributed by atoms with van der Waals surface area (Å²) in [6, 6.07) is 0. The third-order valence-corrected chi connectivity index (χ3v) is 4.15. The number of aryl methyl sites for hydroxylation is 2. The van der Waals surface area contributed by atoms with Gasteiger partial charge in [-0.15, -0.1) is 21.5 Å². The molecule has 0 fully saturated rings. The van der Waals surface area contributed by atoms with Gasteiger partial charge in [0.15, 0.2) is 5.69 Å². The molecule has 0 aromatic carbocycles. The molecule has 0 aliphatic rings. The van der Waals surface area contributed by atoms with Gasteiger partial charge in [0.1, 0.15) is 9.88 Å². The molecule has 0 saturated heterocycles. The first kappa shape index (κ1) is 14.9. The number of nitrogens with zero attached hydrogens (tertiary/aromatic N) is 3. The highest BCUT2D eigenvalue weighted by Crippen LogP contribution is 2.34. The first-order valence-corrected chi connectivity index (χ1v) is 7.13. The molecule has 0 atom stereocenters. The zero-order chi connectivity index (χ0) is 14.9. The first-order chi connectivity index (χ1) is 9.31. The molecular formula is C10H9F3N4OS2. The topological polar surface area (TPSA) is 67.8 Å². The van der Waals surface area contributed by atoms with Gasteiger partial charge in [-0.05, 0) is 13.3 Å². The largest absolute Gasteiger partial charge is 0.435 e. The number of hydrogen-bond donors (Lipinski definition) is 1. The third kappa shape index (κ3) is 3.12. The molecular weight excluding hydrogens is 313 g/mol. The number of nitrogens with one attached hydrogen (secondary N) is 1. The number of carbonyl (C=O) groups excluding carboxylic acids is 1. The molecule has 20 heavy (non-hydrogen) atoms. The van der Waals surface area contributed by atoms with Crippen LogP contribution in [0, 0.1) is 6.92 Å². The quantitative estimate of drug-likeness (QED) is 0.942. The summed E-state index contributed by atoms with van der Waals surface area (Å²) in [5, 5.41) is 10.8. The van der Waals surface area contributed by atoms with Crippen LogP contribution in [0.2, 0.25) is 0 Å². The minimum absolute atomic E-state index is 0.172. The number of aromatic nitrogens is 3. The summed E-state index contributed by atoms with van der Waals surface area (Å²) in [5.74, 6) is -0.873. The van der Waals surface area contributed by atoms with Crippen molar-refractivity contribution in [3.63, 3.8) is 0 Å². The minimum Gasteiger partial charge on any atom is -0.296 e. The van der Waals surface area contributed by atoms with Crippen molar-refractivity contribution in [1.29, 1.82) is 0 Å². The number of anilines is 1. The molecule has 0 bridgehead atoms. The van der Waals surface area contributed by atoms with Crippen LogP contribution in [0.3, 0.4) is 0 Å². The van der Waals surface area contributed by atoms with E-state index in [1.807, 2.05) is 6.92 Å². The average molecular weight is 322 g/mol. The SMILES string of the molecule is CCc1nnc(NC(=O)c2sc(C)nc2C(F)(F)F)s1. The fourth-order valence-electron chi connectivity index (χ4n) is 1.37. The van der Waals surface area contributed by atoms with Crippen molar-refractivity contribution in [2.45, 2.75) is 26.4 Å². The normalized spacial score (nSPS) is 11.7. The maximum atomic E-state index is 12.8. The van der Waals surface area contributed by atoms with E-state index in [2.05, 4.69) is 20.5 Å². The molecule has 0 radical (unpaired) electrons. The average Bonchev–Trinajstić information content (AvgIpc) is 2.94. The van der Waals surface area contributed by atoms with Crippen LogP contribution in [-0.4, -0.2) is 21.1 Å². The van der Waals surface area contributed by atoms with Crippen molar-refractivity contribution in [3.05, 3.63) is 20.6 Å². The van der Waals surface area contributed by atoms with Crippen LogP contribution in [0.25, 0.3) is 0 Å². The maximum Gasteiger partial charge on any atom is 0.435 e. The van der Waals surface area contributed by atoms with E-state index < -0.39 is 22.7 Å². The molecule has 0 aliphatic carbocycles. The van der Waals surface area contributed by atoms with E-state index in [0.717, 1.165) is 11.3 Å². The minimum atomic E-state index is -4.66. The van der Waals surface area contributed by atoms with Crippen molar-refractivity contribution >= 4 is 33.7 Å². The zero-order valence-corrected chi connectivity index (χ0v) is 12.0. The lowest BCUT2D eigenvalue weighted by Crippen LogP contribution is -2.17. The van der Waals surface area contributed by atoms with Gasteiger partial charge in [0.25, 0.3) is 5.91 Å². The smallest absolute Gasteiger partial charge is 0.296 e. The van der Waals surface area contributed by atoms with Crippen molar-refractivity contribution < 1.29 is 18.0 Å². The summed E-state index contributed by atoms with van der Waals surface area (Å²) in [6.07, 6.45) is -4.02. The van der Waals surface area contributed by atoms with E-state index >= 15 is 0 Å². The second-order valence-electron chi connectivity index (χ2n) is 3.72. The number of rotatable bonds is 3. The Bertz CT molecular complexity index is 635. The fourth-order valence-corrected chi connectivity index (χ4v) is 2.88. The number of alkyl halides is 3. The monoisotopic (exact) mass is 322 g/mol. The summed E-state index contributed by atoms with van der Waals surface area (Å²) in [5.41, 5.74) is -1.17. The van der Waals surface area contributed by atoms with Crippen LogP contribution in [-0.2, 0) is 12.6 Å². The van der Waals surface area contributed by atoms with Gasteiger partial charge in [-0.3, -0.25) is 10.1 Å². The molecule has 108 valence electrons. The van der Waals surface area contributed by atoms with E-state index in [-0.39, 0.29) is 10.1 Å². The molecule has 0 spiro atoms. The van der Waals surface area contributed by atoms with Gasteiger partial charge in [-0.2, -0.15) is 13.2 Å². The van der Waals surface area contributed by atoms with Crippen molar-refractivity contribution in [3.8, 4) is 0 Å². The van der Waals surface area contributed by atoms with E-state index in [9.17, 15) is 18.0 Å². The Balaban J connectivity index is 2.25. The Kier molecular flexibility index (Phi) is 4.04. The molecule has 0 aliphatic heterocycles. The molecule has 2 heterocycles. The van der Waals surface area contributed by atoms with Crippen LogP contribution < -0.4 is 5.32 Å². The molecule has 2 rings (SSSR count). The van der Waals surface area contributed by atoms with E-state index in [0.29, 0.717) is 22.8 Å². The Morgan fingerprint density at radius 1 is 1.30 bits per heavy atom. The van der Waals surface area contributed by atoms with Gasteiger partial charge < -0.3 is 0 Å². The lowest BCUT2D eigenvalue weighted by molar-refractivity contribution is -0.141. The molecule has 1 amide bonds. The molecule has 2 aromatic heterocycles. The Morgan fingerprint density at radius 3 is 2.55 bits per heavy atom. The number of amides is 1. The number of carbonyl (C=O) groups is 1. The van der Waals surface area contributed by atoms with Gasteiger partial charge in [0, 0.05) is 0 Å². The number of hydrogen-bond acceptors (Lipinski definition) is 6. The molecule has 0 unspecified atom stereocenters. The standard InChI is InChI=1S/C10H9F3N4OS2/c1-3-5-16-17-9(20-5)15-8(18)6-7(10(11,12)13)14-4(2)19-6/h3H2,1-2H3,(H,15,17,18). The van der Waals surface area contributed by atoms with E-state index in [4.69, 9.17) is 0 Å². The van der Waals surface area contributed by atoms with Gasteiger partial charge in [0.2, 0.25) is 5.13 Å². The maximum absolute atomic E-state index is 12.8. The summed E-state index contributed by atoms with van der Waals surface area (Å²) in [7, 11) is 0. The fraction of sp³-hybridized carbons (Fsp3) is 0.400. The van der Waals surface area contributed by atoms with Crippen LogP contribution in [0.15, 0.2) is 0 Å². The highest BCUT2D eigenvalue weighted by atomic mass is 32.1. The summed E-state index contributed by atoms with van der Waals surface area (Å²) >= 11 is 1.82. The van der Waals surface area contributed by atoms with Crippen molar-refractivity contribution in [2.24, 2.45) is 0 Å².